The van der Waals surface area contributed by atoms with Gasteiger partial charge in [-0.3, -0.25) is 48.4 Å². The van der Waals surface area contributed by atoms with Crippen LogP contribution in [0.5, 0.6) is 0 Å². The molecule has 0 saturated heterocycles. The van der Waals surface area contributed by atoms with Crippen LogP contribution in [0.3, 0.4) is 0 Å². The number of aliphatic hydroxyl groups excluding tert-OH is 6. The number of carbonyl (C=O) groups is 10. The van der Waals surface area contributed by atoms with Gasteiger partial charge in [0.15, 0.2) is 34.8 Å². The Morgan fingerprint density at radius 1 is 0.478 bits per heavy atom. The molecule has 0 radical (unpaired) electrons. The second kappa shape index (κ2) is 22.9. The van der Waals surface area contributed by atoms with E-state index in [1.54, 1.807) is 0 Å². The van der Waals surface area contributed by atoms with E-state index in [4.69, 9.17) is 5.73 Å². The van der Waals surface area contributed by atoms with E-state index in [-0.39, 0.29) is 11.4 Å². The highest BCUT2D eigenvalue weighted by Crippen LogP contribution is 2.38. The van der Waals surface area contributed by atoms with Crippen molar-refractivity contribution in [3.63, 3.8) is 0 Å². The molecule has 0 fully saturated rings. The van der Waals surface area contributed by atoms with Crippen molar-refractivity contribution in [2.75, 3.05) is 50.1 Å². The summed E-state index contributed by atoms with van der Waals surface area (Å²) in [4.78, 5) is 142. The van der Waals surface area contributed by atoms with Crippen LogP contribution >= 0.6 is 0 Å². The number of nitrogens with two attached hydrogens (primary N) is 1. The number of carbonyl (C=O) groups excluding carboxylic acids is 6. The Balaban J connectivity index is 1.87. The predicted octanol–water partition coefficient (Wildman–Crippen LogP) is 0.880. The lowest BCUT2D eigenvalue weighted by molar-refractivity contribution is -0.132. The van der Waals surface area contributed by atoms with Crippen molar-refractivity contribution in [2.45, 2.75) is 63.3 Å². The summed E-state index contributed by atoms with van der Waals surface area (Å²) in [5, 5.41) is 100. The number of anilines is 2. The summed E-state index contributed by atoms with van der Waals surface area (Å²) >= 11 is 0. The van der Waals surface area contributed by atoms with Gasteiger partial charge in [-0.25, -0.2) is 34.2 Å². The van der Waals surface area contributed by atoms with E-state index < -0.39 is 214 Å². The minimum atomic E-state index is -1.97. The first-order chi connectivity index (χ1) is 32.6. The Labute approximate surface area is 388 Å². The van der Waals surface area contributed by atoms with Gasteiger partial charge < -0.3 is 56.8 Å². The number of nitrogen functional groups attached to an aromatic ring is 1. The number of nitrogens with zero attached hydrogens (tertiary/aromatic N) is 7. The number of rotatable bonds is 20. The predicted molar refractivity (Wildman–Crippen MR) is 232 cm³/mol. The lowest BCUT2D eigenvalue weighted by Gasteiger charge is -2.44. The molecular formula is C41H46N8O20. The molecule has 0 saturated carbocycles. The highest BCUT2D eigenvalue weighted by atomic mass is 16.4. The summed E-state index contributed by atoms with van der Waals surface area (Å²) < 4.78 is 0. The van der Waals surface area contributed by atoms with Gasteiger partial charge in [-0.15, -0.1) is 0 Å². The largest absolute Gasteiger partial charge is 0.503 e. The van der Waals surface area contributed by atoms with Crippen molar-refractivity contribution < 1.29 is 99.0 Å². The number of benzene rings is 1. The second-order valence-electron chi connectivity index (χ2n) is 15.1. The molecule has 0 unspecified atom stereocenters. The summed E-state index contributed by atoms with van der Waals surface area (Å²) in [7, 11) is 0. The molecule has 12 N–H and O–H groups in total. The van der Waals surface area contributed by atoms with E-state index in [9.17, 15) is 99.0 Å². The number of ketones is 6. The molecule has 0 aromatic heterocycles. The Morgan fingerprint density at radius 2 is 0.768 bits per heavy atom. The normalized spacial score (nSPS) is 15.6. The van der Waals surface area contributed by atoms with Crippen LogP contribution in [0.15, 0.2) is 73.6 Å². The quantitative estimate of drug-likeness (QED) is 0.0638. The molecule has 28 nitrogen and oxygen atoms in total. The van der Waals surface area contributed by atoms with Crippen LogP contribution in [-0.4, -0.2) is 187 Å². The van der Waals surface area contributed by atoms with Gasteiger partial charge in [-0.2, -0.15) is 0 Å². The topological polar surface area (TPSA) is 449 Å². The number of Topliss-reactive ketones (excluding diaryl/α,β-unsaturated/α-hetero) is 6. The molecular weight excluding hydrogens is 924 g/mol. The fourth-order valence-electron chi connectivity index (χ4n) is 7.60. The summed E-state index contributed by atoms with van der Waals surface area (Å²) in [6.07, 6.45) is -11.7. The molecule has 3 heterocycles. The number of hydrogen-bond acceptors (Lipinski definition) is 20. The van der Waals surface area contributed by atoms with Gasteiger partial charge in [0.05, 0.1) is 22.6 Å². The standard InChI is InChI=1S/C41H46N8O20/c42-20-4-6-21(7-5-20)49(40(68)69)41(11-1-14-46(37(62)63)34-31(59)28(56)25(53)22(43-34)8-17-50,12-2-15-47(38(64)65)35-32(60)29(57)26(54)23(44-35)9-18-51)13-3-16-48(39(66)67)36-33(61)30(58)27(55)24(45-36)10-19-52/h4-7,50-55H,1-3,8-19,42H2,(H,62,63)(H,64,65)(H,66,67)(H,68,69). The molecule has 4 amide bonds. The van der Waals surface area contributed by atoms with Crippen LogP contribution in [0.2, 0.25) is 0 Å². The Bertz CT molecular complexity index is 2300. The van der Waals surface area contributed by atoms with Crippen LogP contribution in [0.25, 0.3) is 0 Å². The van der Waals surface area contributed by atoms with E-state index >= 15 is 0 Å². The van der Waals surface area contributed by atoms with E-state index in [2.05, 4.69) is 15.0 Å². The summed E-state index contributed by atoms with van der Waals surface area (Å²) in [5.41, 5.74) is 2.35. The highest BCUT2D eigenvalue weighted by Gasteiger charge is 2.44. The van der Waals surface area contributed by atoms with Crippen molar-refractivity contribution in [1.82, 2.24) is 14.7 Å². The van der Waals surface area contributed by atoms with Crippen molar-refractivity contribution >= 4 is 88.0 Å². The Kier molecular flexibility index (Phi) is 17.7. The maximum absolute atomic E-state index is 13.5. The SMILES string of the molecule is Nc1ccc(N(C(=O)O)C(CCCN(C(=O)O)C2=NC(CCO)=C(O)C(=O)C2=O)(CCCN(C(=O)O)C2=NC(CCO)=C(O)C(=O)C2=O)CCCN(C(=O)O)C2=NC(CCO)=C(O)C(=O)C2=O)cc1. The first-order valence-electron chi connectivity index (χ1n) is 20.6. The molecule has 370 valence electrons. The molecule has 28 heteroatoms. The number of carboxylic acid groups (broad SMARTS) is 4. The molecule has 1 aromatic carbocycles. The number of amidine groups is 3. The Morgan fingerprint density at radius 3 is 1.01 bits per heavy atom. The Hall–Kier alpha value is -8.37. The molecule has 0 bridgehead atoms. The summed E-state index contributed by atoms with van der Waals surface area (Å²) in [5.74, 6) is -15.8. The van der Waals surface area contributed by atoms with Crippen molar-refractivity contribution in [3.05, 3.63) is 58.6 Å². The molecule has 69 heavy (non-hydrogen) atoms. The zero-order chi connectivity index (χ0) is 51.5. The number of hydrogen-bond donors (Lipinski definition) is 11. The third-order valence-electron chi connectivity index (χ3n) is 10.8. The van der Waals surface area contributed by atoms with Crippen molar-refractivity contribution in [1.29, 1.82) is 0 Å². The van der Waals surface area contributed by atoms with Gasteiger partial charge >= 0.3 is 24.4 Å². The third kappa shape index (κ3) is 11.8. The summed E-state index contributed by atoms with van der Waals surface area (Å²) in [6.45, 7) is -4.34. The van der Waals surface area contributed by atoms with Crippen LogP contribution < -0.4 is 10.6 Å². The van der Waals surface area contributed by atoms with Crippen LogP contribution in [0, 0.1) is 0 Å². The zero-order valence-corrected chi connectivity index (χ0v) is 36.2. The number of aliphatic hydroxyl groups is 6. The van der Waals surface area contributed by atoms with E-state index in [0.29, 0.717) is 14.7 Å². The van der Waals surface area contributed by atoms with Gasteiger partial charge in [0.1, 0.15) is 0 Å². The van der Waals surface area contributed by atoms with Gasteiger partial charge in [-0.05, 0) is 62.8 Å². The second-order valence-corrected chi connectivity index (χ2v) is 15.1. The summed E-state index contributed by atoms with van der Waals surface area (Å²) in [6, 6.07) is 5.10. The maximum atomic E-state index is 13.5. The van der Waals surface area contributed by atoms with Crippen LogP contribution in [-0.2, 0) is 28.8 Å². The first-order valence-corrected chi connectivity index (χ1v) is 20.6. The average Bonchev–Trinajstić information content (AvgIpc) is 3.29. The fraction of sp³-hybridized carbons (Fsp3) is 0.390. The number of amides is 4. The van der Waals surface area contributed by atoms with Crippen LogP contribution in [0.1, 0.15) is 57.8 Å². The molecule has 3 aliphatic heterocycles. The minimum absolute atomic E-state index is 0.123. The van der Waals surface area contributed by atoms with Gasteiger partial charge in [0, 0.05) is 70.1 Å². The average molecular weight is 971 g/mol. The molecule has 0 spiro atoms. The lowest BCUT2D eigenvalue weighted by atomic mass is 9.81. The smallest absolute Gasteiger partial charge is 0.413 e. The minimum Gasteiger partial charge on any atom is -0.503 e. The molecule has 0 aliphatic carbocycles. The third-order valence-corrected chi connectivity index (χ3v) is 10.8. The zero-order valence-electron chi connectivity index (χ0n) is 36.2. The van der Waals surface area contributed by atoms with Gasteiger partial charge in [0.2, 0.25) is 0 Å². The fourth-order valence-corrected chi connectivity index (χ4v) is 7.60. The van der Waals surface area contributed by atoms with Crippen LogP contribution in [0.4, 0.5) is 30.6 Å². The van der Waals surface area contributed by atoms with Gasteiger partial charge in [0.25, 0.3) is 34.7 Å². The molecule has 4 rings (SSSR count). The molecule has 0 atom stereocenters. The number of allylic oxidation sites excluding steroid dienone is 3. The van der Waals surface area contributed by atoms with Crippen molar-refractivity contribution in [3.8, 4) is 0 Å². The maximum Gasteiger partial charge on any atom is 0.413 e. The molecule has 1 aromatic rings. The van der Waals surface area contributed by atoms with Gasteiger partial charge in [-0.1, -0.05) is 0 Å². The monoisotopic (exact) mass is 970 g/mol. The van der Waals surface area contributed by atoms with Crippen molar-refractivity contribution in [2.24, 2.45) is 15.0 Å². The lowest BCUT2D eigenvalue weighted by Crippen LogP contribution is -2.54. The first kappa shape index (κ1) is 53.2. The molecule has 3 aliphatic rings. The number of aliphatic imine (C=N–C) groups is 3. The van der Waals surface area contributed by atoms with E-state index in [1.165, 1.54) is 24.3 Å². The van der Waals surface area contributed by atoms with E-state index in [1.807, 2.05) is 0 Å². The highest BCUT2D eigenvalue weighted by molar-refractivity contribution is 6.70. The van der Waals surface area contributed by atoms with E-state index in [0.717, 1.165) is 4.90 Å².